The summed E-state index contributed by atoms with van der Waals surface area (Å²) in [6.07, 6.45) is 3.71. The second kappa shape index (κ2) is 5.82. The predicted molar refractivity (Wildman–Crippen MR) is 69.7 cm³/mol. The summed E-state index contributed by atoms with van der Waals surface area (Å²) in [7, 11) is 1.56. The molecule has 5 nitrogen and oxygen atoms in total. The standard InChI is InChI=1S/C14H18N2O3/c1-3-4-10-11(7-12(17)16-14(10)18)9-5-6-13(19-2)15-8-9/h5-6,8,10-11H,3-4,7H2,1-2H3,(H,16,17,18). The van der Waals surface area contributed by atoms with Gasteiger partial charge in [0.1, 0.15) is 0 Å². The molecule has 2 heterocycles. The molecular weight excluding hydrogens is 244 g/mol. The van der Waals surface area contributed by atoms with Crippen LogP contribution in [0.5, 0.6) is 5.88 Å². The number of nitrogens with zero attached hydrogens (tertiary/aromatic N) is 1. The third kappa shape index (κ3) is 2.92. The van der Waals surface area contributed by atoms with Crippen LogP contribution < -0.4 is 10.1 Å². The number of nitrogens with one attached hydrogen (secondary N) is 1. The van der Waals surface area contributed by atoms with Crippen molar-refractivity contribution in [3.8, 4) is 5.88 Å². The lowest BCUT2D eigenvalue weighted by Crippen LogP contribution is -2.44. The van der Waals surface area contributed by atoms with Crippen LogP contribution >= 0.6 is 0 Å². The van der Waals surface area contributed by atoms with Crippen LogP contribution in [0.4, 0.5) is 0 Å². The van der Waals surface area contributed by atoms with Gasteiger partial charge >= 0.3 is 0 Å². The normalized spacial score (nSPS) is 23.1. The van der Waals surface area contributed by atoms with Gasteiger partial charge in [-0.05, 0) is 12.0 Å². The van der Waals surface area contributed by atoms with Crippen molar-refractivity contribution in [3.05, 3.63) is 23.9 Å². The molecule has 102 valence electrons. The molecule has 2 rings (SSSR count). The van der Waals surface area contributed by atoms with Gasteiger partial charge in [-0.3, -0.25) is 14.9 Å². The van der Waals surface area contributed by atoms with Gasteiger partial charge in [0.2, 0.25) is 17.7 Å². The lowest BCUT2D eigenvalue weighted by atomic mass is 9.78. The highest BCUT2D eigenvalue weighted by Gasteiger charge is 2.36. The maximum Gasteiger partial charge on any atom is 0.230 e. The van der Waals surface area contributed by atoms with Crippen LogP contribution in [0.1, 0.15) is 37.7 Å². The summed E-state index contributed by atoms with van der Waals surface area (Å²) < 4.78 is 5.02. The Morgan fingerprint density at radius 2 is 2.21 bits per heavy atom. The third-order valence-corrected chi connectivity index (χ3v) is 3.49. The molecule has 0 aliphatic carbocycles. The van der Waals surface area contributed by atoms with E-state index in [1.165, 1.54) is 0 Å². The number of aromatic nitrogens is 1. The number of amides is 2. The average Bonchev–Trinajstić information content (AvgIpc) is 2.42. The van der Waals surface area contributed by atoms with E-state index in [2.05, 4.69) is 10.3 Å². The molecule has 0 radical (unpaired) electrons. The van der Waals surface area contributed by atoms with Gasteiger partial charge in [-0.25, -0.2) is 4.98 Å². The van der Waals surface area contributed by atoms with E-state index >= 15 is 0 Å². The zero-order valence-corrected chi connectivity index (χ0v) is 11.2. The summed E-state index contributed by atoms with van der Waals surface area (Å²) in [6, 6.07) is 3.64. The second-order valence-corrected chi connectivity index (χ2v) is 4.75. The fourth-order valence-corrected chi connectivity index (χ4v) is 2.53. The first-order valence-corrected chi connectivity index (χ1v) is 6.49. The molecule has 2 atom stereocenters. The van der Waals surface area contributed by atoms with Crippen molar-refractivity contribution < 1.29 is 14.3 Å². The summed E-state index contributed by atoms with van der Waals surface area (Å²) in [6.45, 7) is 2.03. The lowest BCUT2D eigenvalue weighted by molar-refractivity contribution is -0.137. The molecule has 2 amide bonds. The highest BCUT2D eigenvalue weighted by molar-refractivity contribution is 5.99. The predicted octanol–water partition coefficient (Wildman–Crippen LogP) is 1.64. The van der Waals surface area contributed by atoms with Crippen molar-refractivity contribution in [1.29, 1.82) is 0 Å². The highest BCUT2D eigenvalue weighted by atomic mass is 16.5. The number of carbonyl (C=O) groups is 2. The van der Waals surface area contributed by atoms with E-state index in [4.69, 9.17) is 4.74 Å². The Morgan fingerprint density at radius 1 is 1.42 bits per heavy atom. The number of methoxy groups -OCH3 is 1. The van der Waals surface area contributed by atoms with E-state index in [9.17, 15) is 9.59 Å². The van der Waals surface area contributed by atoms with Crippen LogP contribution in [0.3, 0.4) is 0 Å². The van der Waals surface area contributed by atoms with E-state index < -0.39 is 0 Å². The third-order valence-electron chi connectivity index (χ3n) is 3.49. The molecule has 1 N–H and O–H groups in total. The number of hydrogen-bond donors (Lipinski definition) is 1. The first-order chi connectivity index (χ1) is 9.15. The summed E-state index contributed by atoms with van der Waals surface area (Å²) in [4.78, 5) is 27.6. The van der Waals surface area contributed by atoms with Gasteiger partial charge in [0, 0.05) is 30.5 Å². The Kier molecular flexibility index (Phi) is 4.14. The Balaban J connectivity index is 2.26. The van der Waals surface area contributed by atoms with Gasteiger partial charge in [0.25, 0.3) is 0 Å². The van der Waals surface area contributed by atoms with Gasteiger partial charge in [0.15, 0.2) is 0 Å². The fraction of sp³-hybridized carbons (Fsp3) is 0.500. The van der Waals surface area contributed by atoms with Crippen LogP contribution in [0, 0.1) is 5.92 Å². The molecule has 0 spiro atoms. The zero-order valence-electron chi connectivity index (χ0n) is 11.2. The Bertz CT molecular complexity index is 470. The molecule has 5 heteroatoms. The van der Waals surface area contributed by atoms with Crippen molar-refractivity contribution in [2.75, 3.05) is 7.11 Å². The number of hydrogen-bond acceptors (Lipinski definition) is 4. The Hall–Kier alpha value is -1.91. The molecule has 2 unspecified atom stereocenters. The molecule has 1 aliphatic rings. The van der Waals surface area contributed by atoms with E-state index in [1.807, 2.05) is 13.0 Å². The second-order valence-electron chi connectivity index (χ2n) is 4.75. The molecular formula is C14H18N2O3. The average molecular weight is 262 g/mol. The topological polar surface area (TPSA) is 68.3 Å². The maximum absolute atomic E-state index is 11.9. The van der Waals surface area contributed by atoms with E-state index in [1.54, 1.807) is 19.4 Å². The molecule has 19 heavy (non-hydrogen) atoms. The first kappa shape index (κ1) is 13.5. The molecule has 1 aliphatic heterocycles. The highest BCUT2D eigenvalue weighted by Crippen LogP contribution is 2.34. The zero-order chi connectivity index (χ0) is 13.8. The minimum Gasteiger partial charge on any atom is -0.481 e. The van der Waals surface area contributed by atoms with Crippen LogP contribution in [0.2, 0.25) is 0 Å². The molecule has 1 saturated heterocycles. The van der Waals surface area contributed by atoms with Crippen LogP contribution in [-0.4, -0.2) is 23.9 Å². The first-order valence-electron chi connectivity index (χ1n) is 6.49. The molecule has 0 bridgehead atoms. The summed E-state index contributed by atoms with van der Waals surface area (Å²) in [5.41, 5.74) is 0.919. The smallest absolute Gasteiger partial charge is 0.230 e. The number of imide groups is 1. The van der Waals surface area contributed by atoms with Crippen molar-refractivity contribution in [2.24, 2.45) is 5.92 Å². The van der Waals surface area contributed by atoms with E-state index in [0.717, 1.165) is 18.4 Å². The molecule has 0 aromatic carbocycles. The van der Waals surface area contributed by atoms with Crippen molar-refractivity contribution in [1.82, 2.24) is 10.3 Å². The number of pyridine rings is 1. The quantitative estimate of drug-likeness (QED) is 0.837. The molecule has 1 aromatic rings. The van der Waals surface area contributed by atoms with E-state index in [-0.39, 0.29) is 23.7 Å². The number of carbonyl (C=O) groups excluding carboxylic acids is 2. The summed E-state index contributed by atoms with van der Waals surface area (Å²) in [5, 5.41) is 2.41. The summed E-state index contributed by atoms with van der Waals surface area (Å²) >= 11 is 0. The number of piperidine rings is 1. The number of rotatable bonds is 4. The van der Waals surface area contributed by atoms with Crippen molar-refractivity contribution >= 4 is 11.8 Å². The van der Waals surface area contributed by atoms with Crippen molar-refractivity contribution in [2.45, 2.75) is 32.1 Å². The van der Waals surface area contributed by atoms with Crippen molar-refractivity contribution in [3.63, 3.8) is 0 Å². The van der Waals surface area contributed by atoms with Crippen LogP contribution in [0.25, 0.3) is 0 Å². The maximum atomic E-state index is 11.9. The minimum absolute atomic E-state index is 0.0837. The summed E-state index contributed by atoms with van der Waals surface area (Å²) in [5.74, 6) is -0.0861. The molecule has 1 fully saturated rings. The van der Waals surface area contributed by atoms with Gasteiger partial charge in [-0.15, -0.1) is 0 Å². The van der Waals surface area contributed by atoms with Gasteiger partial charge in [0.05, 0.1) is 7.11 Å². The van der Waals surface area contributed by atoms with E-state index in [0.29, 0.717) is 12.3 Å². The van der Waals surface area contributed by atoms with Gasteiger partial charge in [-0.2, -0.15) is 0 Å². The minimum atomic E-state index is -0.210. The largest absolute Gasteiger partial charge is 0.481 e. The monoisotopic (exact) mass is 262 g/mol. The lowest BCUT2D eigenvalue weighted by Gasteiger charge is -2.30. The molecule has 0 saturated carbocycles. The SMILES string of the molecule is CCCC1C(=O)NC(=O)CC1c1ccc(OC)nc1. The van der Waals surface area contributed by atoms with Gasteiger partial charge < -0.3 is 4.74 Å². The Morgan fingerprint density at radius 3 is 2.79 bits per heavy atom. The van der Waals surface area contributed by atoms with Gasteiger partial charge in [-0.1, -0.05) is 19.4 Å². The number of ether oxygens (including phenoxy) is 1. The Labute approximate surface area is 112 Å². The van der Waals surface area contributed by atoms with Crippen LogP contribution in [0.15, 0.2) is 18.3 Å². The molecule has 1 aromatic heterocycles. The van der Waals surface area contributed by atoms with Crippen LogP contribution in [-0.2, 0) is 9.59 Å². The fourth-order valence-electron chi connectivity index (χ4n) is 2.53.